The third-order valence-electron chi connectivity index (χ3n) is 4.55. The highest BCUT2D eigenvalue weighted by Crippen LogP contribution is 2.32. The van der Waals surface area contributed by atoms with E-state index in [1.165, 1.54) is 0 Å². The number of fused-ring (bicyclic) bond motifs is 1. The standard InChI is InChI=1S/C21H25ClN4O3/c1-14-16(22)4-3-5-17(14)26-20(27)9-11-25-21(23-2)24-10-8-15-6-7-18-19(12-15)29-13-28-18/h3-7,12H,8-11,13H2,1-2H3,(H,26,27)(H2,23,24,25). The molecular weight excluding hydrogens is 392 g/mol. The smallest absolute Gasteiger partial charge is 0.231 e. The van der Waals surface area contributed by atoms with Crippen LogP contribution in [0.15, 0.2) is 41.4 Å². The van der Waals surface area contributed by atoms with Crippen LogP contribution in [0.1, 0.15) is 17.5 Å². The average Bonchev–Trinajstić information content (AvgIpc) is 3.18. The molecule has 154 valence electrons. The van der Waals surface area contributed by atoms with Gasteiger partial charge in [-0.3, -0.25) is 9.79 Å². The summed E-state index contributed by atoms with van der Waals surface area (Å²) in [7, 11) is 1.70. The second-order valence-corrected chi connectivity index (χ2v) is 6.98. The number of rotatable bonds is 7. The van der Waals surface area contributed by atoms with Gasteiger partial charge in [0, 0.05) is 37.3 Å². The molecule has 2 aromatic rings. The number of nitrogens with one attached hydrogen (secondary N) is 3. The number of anilines is 1. The molecule has 0 saturated carbocycles. The molecule has 0 unspecified atom stereocenters. The highest BCUT2D eigenvalue weighted by Gasteiger charge is 2.13. The number of nitrogens with zero attached hydrogens (tertiary/aromatic N) is 1. The van der Waals surface area contributed by atoms with Crippen LogP contribution >= 0.6 is 11.6 Å². The van der Waals surface area contributed by atoms with E-state index in [0.29, 0.717) is 30.5 Å². The van der Waals surface area contributed by atoms with E-state index in [0.717, 1.165) is 34.7 Å². The number of guanidine groups is 1. The topological polar surface area (TPSA) is 84.0 Å². The first-order valence-corrected chi connectivity index (χ1v) is 9.82. The van der Waals surface area contributed by atoms with Crippen molar-refractivity contribution in [2.24, 2.45) is 4.99 Å². The van der Waals surface area contributed by atoms with Crippen LogP contribution in [0, 0.1) is 6.92 Å². The fourth-order valence-corrected chi connectivity index (χ4v) is 3.07. The fourth-order valence-electron chi connectivity index (χ4n) is 2.89. The molecule has 3 rings (SSSR count). The first-order chi connectivity index (χ1) is 14.1. The average molecular weight is 417 g/mol. The number of hydrogen-bond donors (Lipinski definition) is 3. The molecule has 8 heteroatoms. The highest BCUT2D eigenvalue weighted by molar-refractivity contribution is 6.31. The summed E-state index contributed by atoms with van der Waals surface area (Å²) >= 11 is 6.08. The molecule has 2 aromatic carbocycles. The van der Waals surface area contributed by atoms with Crippen molar-refractivity contribution in [1.82, 2.24) is 10.6 Å². The van der Waals surface area contributed by atoms with E-state index in [-0.39, 0.29) is 12.7 Å². The minimum Gasteiger partial charge on any atom is -0.454 e. The predicted octanol–water partition coefficient (Wildman–Crippen LogP) is 3.11. The molecule has 1 heterocycles. The van der Waals surface area contributed by atoms with Gasteiger partial charge in [0.25, 0.3) is 0 Å². The van der Waals surface area contributed by atoms with Crippen molar-refractivity contribution < 1.29 is 14.3 Å². The van der Waals surface area contributed by atoms with Gasteiger partial charge >= 0.3 is 0 Å². The van der Waals surface area contributed by atoms with Gasteiger partial charge in [-0.1, -0.05) is 23.7 Å². The minimum absolute atomic E-state index is 0.0846. The molecule has 0 aliphatic carbocycles. The molecule has 0 radical (unpaired) electrons. The predicted molar refractivity (Wildman–Crippen MR) is 115 cm³/mol. The van der Waals surface area contributed by atoms with Crippen molar-refractivity contribution in [2.75, 3.05) is 32.2 Å². The highest BCUT2D eigenvalue weighted by atomic mass is 35.5. The second kappa shape index (κ2) is 10.0. The number of aliphatic imine (C=N–C) groups is 1. The Morgan fingerprint density at radius 3 is 2.76 bits per heavy atom. The largest absolute Gasteiger partial charge is 0.454 e. The Kier molecular flexibility index (Phi) is 7.19. The van der Waals surface area contributed by atoms with E-state index in [9.17, 15) is 4.79 Å². The summed E-state index contributed by atoms with van der Waals surface area (Å²) in [6.45, 7) is 3.32. The lowest BCUT2D eigenvalue weighted by Gasteiger charge is -2.13. The molecule has 3 N–H and O–H groups in total. The minimum atomic E-state index is -0.0846. The second-order valence-electron chi connectivity index (χ2n) is 6.57. The number of hydrogen-bond acceptors (Lipinski definition) is 4. The molecule has 0 fully saturated rings. The summed E-state index contributed by atoms with van der Waals surface area (Å²) in [6.07, 6.45) is 1.13. The molecule has 0 spiro atoms. The number of halogens is 1. The Labute approximate surface area is 175 Å². The van der Waals surface area contributed by atoms with Gasteiger partial charge in [0.1, 0.15) is 0 Å². The summed E-state index contributed by atoms with van der Waals surface area (Å²) in [4.78, 5) is 16.3. The number of benzene rings is 2. The van der Waals surface area contributed by atoms with E-state index < -0.39 is 0 Å². The number of carbonyl (C=O) groups excluding carboxylic acids is 1. The maximum atomic E-state index is 12.2. The van der Waals surface area contributed by atoms with Gasteiger partial charge in [0.2, 0.25) is 12.7 Å². The van der Waals surface area contributed by atoms with Crippen LogP contribution in [0.3, 0.4) is 0 Å². The third kappa shape index (κ3) is 5.77. The third-order valence-corrected chi connectivity index (χ3v) is 4.96. The van der Waals surface area contributed by atoms with Crippen LogP contribution in [0.25, 0.3) is 0 Å². The SMILES string of the molecule is CN=C(NCCC(=O)Nc1cccc(Cl)c1C)NCCc1ccc2c(c1)OCO2. The number of ether oxygens (including phenoxy) is 2. The van der Waals surface area contributed by atoms with Crippen LogP contribution in [0.2, 0.25) is 5.02 Å². The van der Waals surface area contributed by atoms with Gasteiger partial charge in [-0.15, -0.1) is 0 Å². The molecule has 0 aromatic heterocycles. The molecule has 0 atom stereocenters. The quantitative estimate of drug-likeness (QED) is 0.477. The Bertz CT molecular complexity index is 901. The van der Waals surface area contributed by atoms with Crippen molar-refractivity contribution in [1.29, 1.82) is 0 Å². The molecule has 7 nitrogen and oxygen atoms in total. The zero-order valence-corrected chi connectivity index (χ0v) is 17.3. The lowest BCUT2D eigenvalue weighted by molar-refractivity contribution is -0.116. The molecule has 1 aliphatic rings. The Morgan fingerprint density at radius 2 is 1.93 bits per heavy atom. The summed E-state index contributed by atoms with van der Waals surface area (Å²) < 4.78 is 10.7. The summed E-state index contributed by atoms with van der Waals surface area (Å²) in [5, 5.41) is 9.91. The van der Waals surface area contributed by atoms with Crippen molar-refractivity contribution in [3.8, 4) is 11.5 Å². The number of amides is 1. The van der Waals surface area contributed by atoms with E-state index in [2.05, 4.69) is 20.9 Å². The first kappa shape index (κ1) is 20.8. The monoisotopic (exact) mass is 416 g/mol. The first-order valence-electron chi connectivity index (χ1n) is 9.45. The molecule has 1 amide bonds. The lowest BCUT2D eigenvalue weighted by atomic mass is 10.1. The van der Waals surface area contributed by atoms with Crippen LogP contribution < -0.4 is 25.4 Å². The summed E-state index contributed by atoms with van der Waals surface area (Å²) in [6, 6.07) is 11.4. The normalized spacial score (nSPS) is 12.6. The van der Waals surface area contributed by atoms with Gasteiger partial charge in [-0.25, -0.2) is 0 Å². The van der Waals surface area contributed by atoms with Crippen molar-refractivity contribution in [3.05, 3.63) is 52.5 Å². The van der Waals surface area contributed by atoms with Crippen LogP contribution in [-0.2, 0) is 11.2 Å². The van der Waals surface area contributed by atoms with E-state index in [4.69, 9.17) is 21.1 Å². The van der Waals surface area contributed by atoms with Crippen LogP contribution in [0.5, 0.6) is 11.5 Å². The van der Waals surface area contributed by atoms with Crippen LogP contribution in [0.4, 0.5) is 5.69 Å². The molecule has 0 bridgehead atoms. The molecular formula is C21H25ClN4O3. The molecule has 0 saturated heterocycles. The Balaban J connectivity index is 1.38. The zero-order valence-electron chi connectivity index (χ0n) is 16.5. The maximum absolute atomic E-state index is 12.2. The maximum Gasteiger partial charge on any atom is 0.231 e. The van der Waals surface area contributed by atoms with Gasteiger partial charge < -0.3 is 25.4 Å². The zero-order chi connectivity index (χ0) is 20.6. The number of carbonyl (C=O) groups is 1. The summed E-state index contributed by atoms with van der Waals surface area (Å²) in [5.74, 6) is 2.13. The van der Waals surface area contributed by atoms with Gasteiger partial charge in [0.05, 0.1) is 0 Å². The van der Waals surface area contributed by atoms with Crippen molar-refractivity contribution in [3.63, 3.8) is 0 Å². The van der Waals surface area contributed by atoms with E-state index in [1.54, 1.807) is 13.1 Å². The fraction of sp³-hybridized carbons (Fsp3) is 0.333. The van der Waals surface area contributed by atoms with Gasteiger partial charge in [-0.05, 0) is 48.7 Å². The van der Waals surface area contributed by atoms with Gasteiger partial charge in [-0.2, -0.15) is 0 Å². The molecule has 29 heavy (non-hydrogen) atoms. The van der Waals surface area contributed by atoms with E-state index in [1.807, 2.05) is 37.3 Å². The van der Waals surface area contributed by atoms with Crippen molar-refractivity contribution in [2.45, 2.75) is 19.8 Å². The Morgan fingerprint density at radius 1 is 1.14 bits per heavy atom. The van der Waals surface area contributed by atoms with E-state index >= 15 is 0 Å². The lowest BCUT2D eigenvalue weighted by Crippen LogP contribution is -2.39. The Hall–Kier alpha value is -2.93. The van der Waals surface area contributed by atoms with Crippen LogP contribution in [-0.4, -0.2) is 38.8 Å². The van der Waals surface area contributed by atoms with Crippen molar-refractivity contribution >= 4 is 29.2 Å². The van der Waals surface area contributed by atoms with Gasteiger partial charge in [0.15, 0.2) is 17.5 Å². The summed E-state index contributed by atoms with van der Waals surface area (Å²) in [5.41, 5.74) is 2.73. The molecule has 1 aliphatic heterocycles.